The van der Waals surface area contributed by atoms with E-state index in [9.17, 15) is 25.3 Å². The second kappa shape index (κ2) is 5.25. The molecule has 0 aromatic heterocycles. The van der Waals surface area contributed by atoms with Crippen molar-refractivity contribution in [2.24, 2.45) is 5.73 Å². The SMILES string of the molecule is Cc1c(CN)c(C)c([B-](F)(F)F)c(C)c1OS(=O)(=O)F. The Morgan fingerprint density at radius 1 is 1.10 bits per heavy atom. The Morgan fingerprint density at radius 2 is 1.60 bits per heavy atom. The molecule has 0 spiro atoms. The number of nitrogens with two attached hydrogens (primary N) is 1. The van der Waals surface area contributed by atoms with E-state index in [0.29, 0.717) is 0 Å². The lowest BCUT2D eigenvalue weighted by atomic mass is 9.72. The van der Waals surface area contributed by atoms with Crippen molar-refractivity contribution in [2.45, 2.75) is 27.3 Å². The molecule has 0 bridgehead atoms. The number of hydrogen-bond donors (Lipinski definition) is 1. The molecule has 0 amide bonds. The molecule has 0 aliphatic heterocycles. The lowest BCUT2D eigenvalue weighted by Crippen LogP contribution is -2.40. The van der Waals surface area contributed by atoms with Crippen LogP contribution in [0.3, 0.4) is 0 Å². The lowest BCUT2D eigenvalue weighted by molar-refractivity contribution is 0.436. The highest BCUT2D eigenvalue weighted by Crippen LogP contribution is 2.31. The van der Waals surface area contributed by atoms with Crippen LogP contribution in [0.15, 0.2) is 0 Å². The van der Waals surface area contributed by atoms with E-state index >= 15 is 0 Å². The monoisotopic (exact) mass is 314 g/mol. The summed E-state index contributed by atoms with van der Waals surface area (Å²) in [7, 11) is -5.42. The molecule has 0 heterocycles. The predicted octanol–water partition coefficient (Wildman–Crippen LogP) is 1.72. The third-order valence-electron chi connectivity index (χ3n) is 3.11. The highest BCUT2D eigenvalue weighted by Gasteiger charge is 2.33. The maximum Gasteiger partial charge on any atom is 0.510 e. The van der Waals surface area contributed by atoms with Gasteiger partial charge in [-0.15, -0.1) is 0 Å². The average Bonchev–Trinajstić information content (AvgIpc) is 2.21. The van der Waals surface area contributed by atoms with E-state index in [1.807, 2.05) is 0 Å². The number of rotatable bonds is 4. The first-order chi connectivity index (χ1) is 8.90. The van der Waals surface area contributed by atoms with E-state index in [2.05, 4.69) is 4.18 Å². The lowest BCUT2D eigenvalue weighted by Gasteiger charge is -2.26. The summed E-state index contributed by atoms with van der Waals surface area (Å²) in [6, 6.07) is 0. The molecule has 2 N–H and O–H groups in total. The van der Waals surface area contributed by atoms with Crippen LogP contribution in [0.4, 0.5) is 16.8 Å². The molecule has 0 radical (unpaired) electrons. The molecule has 0 saturated heterocycles. The van der Waals surface area contributed by atoms with Crippen LogP contribution < -0.4 is 15.4 Å². The normalized spacial score (nSPS) is 12.6. The number of hydrogen-bond acceptors (Lipinski definition) is 4. The first-order valence-corrected chi connectivity index (χ1v) is 6.87. The minimum absolute atomic E-state index is 0.0764. The predicted molar refractivity (Wildman–Crippen MR) is 67.9 cm³/mol. The summed E-state index contributed by atoms with van der Waals surface area (Å²) in [5.41, 5.74) is 3.98. The van der Waals surface area contributed by atoms with Crippen LogP contribution in [-0.2, 0) is 17.0 Å². The zero-order valence-corrected chi connectivity index (χ0v) is 11.8. The summed E-state index contributed by atoms with van der Waals surface area (Å²) in [6.45, 7) is -2.07. The third kappa shape index (κ3) is 3.24. The molecule has 4 nitrogen and oxygen atoms in total. The van der Waals surface area contributed by atoms with Gasteiger partial charge in [0.2, 0.25) is 0 Å². The molecular weight excluding hydrogens is 301 g/mol. The van der Waals surface area contributed by atoms with Crippen molar-refractivity contribution in [1.29, 1.82) is 0 Å². The maximum absolute atomic E-state index is 13.1. The van der Waals surface area contributed by atoms with Gasteiger partial charge in [0, 0.05) is 6.54 Å². The van der Waals surface area contributed by atoms with Gasteiger partial charge in [-0.1, -0.05) is 14.9 Å². The van der Waals surface area contributed by atoms with Crippen molar-refractivity contribution in [3.8, 4) is 5.75 Å². The van der Waals surface area contributed by atoms with Gasteiger partial charge in [0.1, 0.15) is 5.75 Å². The second-order valence-electron chi connectivity index (χ2n) is 4.35. The van der Waals surface area contributed by atoms with Gasteiger partial charge in [-0.05, 0) is 37.5 Å². The smallest absolute Gasteiger partial charge is 0.445 e. The first kappa shape index (κ1) is 16.8. The van der Waals surface area contributed by atoms with Crippen molar-refractivity contribution in [3.05, 3.63) is 22.3 Å². The minimum atomic E-state index is -5.42. The van der Waals surface area contributed by atoms with Crippen molar-refractivity contribution >= 4 is 22.9 Å². The molecule has 0 unspecified atom stereocenters. The Balaban J connectivity index is 3.77. The van der Waals surface area contributed by atoms with Crippen LogP contribution in [0.2, 0.25) is 0 Å². The first-order valence-electron chi connectivity index (χ1n) is 5.56. The van der Waals surface area contributed by atoms with Crippen molar-refractivity contribution < 1.29 is 29.4 Å². The number of halogens is 4. The van der Waals surface area contributed by atoms with E-state index in [4.69, 9.17) is 5.73 Å². The molecule has 114 valence electrons. The van der Waals surface area contributed by atoms with Crippen LogP contribution in [0.5, 0.6) is 5.75 Å². The summed E-state index contributed by atoms with van der Waals surface area (Å²) in [4.78, 5) is 0. The highest BCUT2D eigenvalue weighted by atomic mass is 32.3. The highest BCUT2D eigenvalue weighted by molar-refractivity contribution is 7.81. The van der Waals surface area contributed by atoms with Gasteiger partial charge in [0.05, 0.1) is 0 Å². The van der Waals surface area contributed by atoms with Gasteiger partial charge in [-0.25, -0.2) is 0 Å². The zero-order valence-electron chi connectivity index (χ0n) is 11.0. The fraction of sp³-hybridized carbons (Fsp3) is 0.400. The fourth-order valence-corrected chi connectivity index (χ4v) is 2.74. The molecule has 20 heavy (non-hydrogen) atoms. The molecule has 0 aliphatic carbocycles. The summed E-state index contributed by atoms with van der Waals surface area (Å²) in [5.74, 6) is -0.659. The quantitative estimate of drug-likeness (QED) is 0.522. The molecule has 1 aromatic rings. The Hall–Kier alpha value is -1.29. The Labute approximate surface area is 114 Å². The van der Waals surface area contributed by atoms with Crippen molar-refractivity contribution in [3.63, 3.8) is 0 Å². The largest absolute Gasteiger partial charge is 0.510 e. The molecule has 1 rings (SSSR count). The third-order valence-corrected chi connectivity index (χ3v) is 3.47. The maximum atomic E-state index is 13.1. The van der Waals surface area contributed by atoms with E-state index in [1.54, 1.807) is 0 Å². The van der Waals surface area contributed by atoms with Gasteiger partial charge in [0.15, 0.2) is 0 Å². The summed E-state index contributed by atoms with van der Waals surface area (Å²) < 4.78 is 77.1. The van der Waals surface area contributed by atoms with E-state index in [0.717, 1.165) is 6.92 Å². The zero-order chi connectivity index (χ0) is 15.9. The van der Waals surface area contributed by atoms with E-state index < -0.39 is 34.3 Å². The Kier molecular flexibility index (Phi) is 4.40. The Morgan fingerprint density at radius 3 is 1.95 bits per heavy atom. The molecular formula is C10H13BF4NO3S-. The van der Waals surface area contributed by atoms with Crippen LogP contribution in [0.1, 0.15) is 22.3 Å². The van der Waals surface area contributed by atoms with Crippen LogP contribution in [0, 0.1) is 20.8 Å². The molecule has 0 aliphatic rings. The molecule has 0 atom stereocenters. The van der Waals surface area contributed by atoms with E-state index in [-0.39, 0.29) is 23.2 Å². The topological polar surface area (TPSA) is 69.4 Å². The van der Waals surface area contributed by atoms with E-state index in [1.165, 1.54) is 13.8 Å². The molecule has 0 saturated carbocycles. The van der Waals surface area contributed by atoms with Gasteiger partial charge in [-0.2, -0.15) is 8.42 Å². The molecule has 10 heteroatoms. The summed E-state index contributed by atoms with van der Waals surface area (Å²) >= 11 is 0. The van der Waals surface area contributed by atoms with Gasteiger partial charge >= 0.3 is 17.5 Å². The average molecular weight is 314 g/mol. The second-order valence-corrected chi connectivity index (χ2v) is 5.30. The van der Waals surface area contributed by atoms with Gasteiger partial charge in [-0.3, -0.25) is 0 Å². The Bertz CT molecular complexity index is 643. The standard InChI is InChI=1S/C10H13BF4NO3S/c1-5-8(4-16)6(2)10(19-20(15,17)18)7(3)9(5)11(12,13)14/h4,16H2,1-3H3/q-1. The van der Waals surface area contributed by atoms with Gasteiger partial charge < -0.3 is 22.9 Å². The van der Waals surface area contributed by atoms with Crippen molar-refractivity contribution in [1.82, 2.24) is 0 Å². The summed E-state index contributed by atoms with van der Waals surface area (Å²) in [5, 5.41) is 0. The van der Waals surface area contributed by atoms with Gasteiger partial charge in [0.25, 0.3) is 0 Å². The van der Waals surface area contributed by atoms with Crippen LogP contribution in [-0.4, -0.2) is 15.4 Å². The summed E-state index contributed by atoms with van der Waals surface area (Å²) in [6.07, 6.45) is 0. The van der Waals surface area contributed by atoms with Crippen LogP contribution in [0.25, 0.3) is 0 Å². The fourth-order valence-electron chi connectivity index (χ4n) is 2.29. The minimum Gasteiger partial charge on any atom is -0.445 e. The molecule has 1 aromatic carbocycles. The number of benzene rings is 1. The molecule has 0 fully saturated rings. The van der Waals surface area contributed by atoms with Crippen molar-refractivity contribution in [2.75, 3.05) is 0 Å². The van der Waals surface area contributed by atoms with Crippen LogP contribution >= 0.6 is 0 Å².